The maximum atomic E-state index is 11.6. The zero-order valence-corrected chi connectivity index (χ0v) is 10.3. The number of carbonyl (C=O) groups is 1. The van der Waals surface area contributed by atoms with Gasteiger partial charge in [0.2, 0.25) is 0 Å². The van der Waals surface area contributed by atoms with Gasteiger partial charge in [-0.05, 0) is 46.2 Å². The molecule has 2 aliphatic rings. The fraction of sp³-hybridized carbons (Fsp3) is 0.917. The highest BCUT2D eigenvalue weighted by molar-refractivity contribution is 5.79. The Balaban J connectivity index is 2.15. The van der Waals surface area contributed by atoms with Gasteiger partial charge in [0.15, 0.2) is 0 Å². The van der Waals surface area contributed by atoms with Crippen molar-refractivity contribution in [1.82, 2.24) is 9.80 Å². The van der Waals surface area contributed by atoms with Crippen LogP contribution in [0.15, 0.2) is 0 Å². The molecule has 0 aromatic rings. The molecule has 92 valence electrons. The second-order valence-electron chi connectivity index (χ2n) is 5.35. The molecule has 1 atom stereocenters. The molecule has 2 heterocycles. The molecule has 0 aromatic carbocycles. The minimum Gasteiger partial charge on any atom is -0.480 e. The van der Waals surface area contributed by atoms with Crippen molar-refractivity contribution in [2.24, 2.45) is 0 Å². The van der Waals surface area contributed by atoms with Crippen LogP contribution >= 0.6 is 0 Å². The maximum Gasteiger partial charge on any atom is 0.325 e. The Hall–Kier alpha value is -0.610. The van der Waals surface area contributed by atoms with Crippen molar-refractivity contribution >= 4 is 5.97 Å². The van der Waals surface area contributed by atoms with Crippen molar-refractivity contribution in [1.29, 1.82) is 0 Å². The second-order valence-corrected chi connectivity index (χ2v) is 5.35. The smallest absolute Gasteiger partial charge is 0.325 e. The average molecular weight is 226 g/mol. The van der Waals surface area contributed by atoms with Crippen molar-refractivity contribution in [3.63, 3.8) is 0 Å². The third-order valence-electron chi connectivity index (χ3n) is 4.12. The van der Waals surface area contributed by atoms with Gasteiger partial charge in [0.05, 0.1) is 0 Å². The summed E-state index contributed by atoms with van der Waals surface area (Å²) in [6.45, 7) is 7.81. The number of nitrogens with zero attached hydrogens (tertiary/aromatic N) is 2. The SMILES string of the molecule is CC(C)N1CCC(C(=O)O)(N2CCCC2)C1. The highest BCUT2D eigenvalue weighted by atomic mass is 16.4. The van der Waals surface area contributed by atoms with Crippen LogP contribution in [0, 0.1) is 0 Å². The van der Waals surface area contributed by atoms with E-state index in [9.17, 15) is 9.90 Å². The normalized spacial score (nSPS) is 32.7. The number of aliphatic carboxylic acids is 1. The summed E-state index contributed by atoms with van der Waals surface area (Å²) in [7, 11) is 0. The predicted molar refractivity (Wildman–Crippen MR) is 62.5 cm³/mol. The van der Waals surface area contributed by atoms with Crippen LogP contribution < -0.4 is 0 Å². The lowest BCUT2D eigenvalue weighted by atomic mass is 9.96. The van der Waals surface area contributed by atoms with Crippen LogP contribution in [0.25, 0.3) is 0 Å². The standard InChI is InChI=1S/C12H22N2O2/c1-10(2)13-8-5-12(9-13,11(15)16)14-6-3-4-7-14/h10H,3-9H2,1-2H3,(H,15,16). The Morgan fingerprint density at radius 3 is 2.31 bits per heavy atom. The van der Waals surface area contributed by atoms with E-state index >= 15 is 0 Å². The number of rotatable bonds is 3. The first-order chi connectivity index (χ1) is 7.56. The summed E-state index contributed by atoms with van der Waals surface area (Å²) in [5.74, 6) is -0.627. The first-order valence-electron chi connectivity index (χ1n) is 6.29. The summed E-state index contributed by atoms with van der Waals surface area (Å²) in [4.78, 5) is 16.1. The topological polar surface area (TPSA) is 43.8 Å². The zero-order valence-electron chi connectivity index (χ0n) is 10.3. The number of hydrogen-bond acceptors (Lipinski definition) is 3. The average Bonchev–Trinajstić information content (AvgIpc) is 2.87. The number of carboxylic acids is 1. The number of hydrogen-bond donors (Lipinski definition) is 1. The van der Waals surface area contributed by atoms with Crippen LogP contribution in [0.2, 0.25) is 0 Å². The van der Waals surface area contributed by atoms with Gasteiger partial charge in [-0.2, -0.15) is 0 Å². The van der Waals surface area contributed by atoms with Gasteiger partial charge in [0.1, 0.15) is 5.54 Å². The lowest BCUT2D eigenvalue weighted by molar-refractivity contribution is -0.150. The Morgan fingerprint density at radius 1 is 1.25 bits per heavy atom. The van der Waals surface area contributed by atoms with Gasteiger partial charge >= 0.3 is 5.97 Å². The monoisotopic (exact) mass is 226 g/mol. The minimum atomic E-state index is -0.627. The van der Waals surface area contributed by atoms with Crippen LogP contribution in [0.1, 0.15) is 33.1 Å². The van der Waals surface area contributed by atoms with Crippen LogP contribution in [-0.4, -0.2) is 58.6 Å². The molecular weight excluding hydrogens is 204 g/mol. The fourth-order valence-corrected chi connectivity index (χ4v) is 2.98. The number of likely N-dealkylation sites (tertiary alicyclic amines) is 2. The lowest BCUT2D eigenvalue weighted by Crippen LogP contribution is -2.55. The van der Waals surface area contributed by atoms with E-state index in [-0.39, 0.29) is 0 Å². The van der Waals surface area contributed by atoms with Gasteiger partial charge in [-0.25, -0.2) is 0 Å². The van der Waals surface area contributed by atoms with E-state index in [4.69, 9.17) is 0 Å². The summed E-state index contributed by atoms with van der Waals surface area (Å²) in [6, 6.07) is 0.448. The van der Waals surface area contributed by atoms with Crippen molar-refractivity contribution < 1.29 is 9.90 Å². The van der Waals surface area contributed by atoms with Crippen LogP contribution in [-0.2, 0) is 4.79 Å². The summed E-state index contributed by atoms with van der Waals surface area (Å²) in [6.07, 6.45) is 3.08. The van der Waals surface area contributed by atoms with Crippen molar-refractivity contribution in [2.75, 3.05) is 26.2 Å². The molecule has 4 heteroatoms. The number of carboxylic acid groups (broad SMARTS) is 1. The fourth-order valence-electron chi connectivity index (χ4n) is 2.98. The molecule has 4 nitrogen and oxygen atoms in total. The molecule has 2 aliphatic heterocycles. The van der Waals surface area contributed by atoms with Gasteiger partial charge in [-0.15, -0.1) is 0 Å². The molecule has 2 rings (SSSR count). The van der Waals surface area contributed by atoms with E-state index in [1.165, 1.54) is 0 Å². The first-order valence-corrected chi connectivity index (χ1v) is 6.29. The van der Waals surface area contributed by atoms with E-state index in [0.29, 0.717) is 12.6 Å². The van der Waals surface area contributed by atoms with Crippen molar-refractivity contribution in [2.45, 2.75) is 44.7 Å². The van der Waals surface area contributed by atoms with Gasteiger partial charge < -0.3 is 5.11 Å². The van der Waals surface area contributed by atoms with E-state index < -0.39 is 11.5 Å². The quantitative estimate of drug-likeness (QED) is 0.780. The zero-order chi connectivity index (χ0) is 11.8. The Bertz CT molecular complexity index is 274. The van der Waals surface area contributed by atoms with E-state index in [2.05, 4.69) is 23.6 Å². The predicted octanol–water partition coefficient (Wildman–Crippen LogP) is 1.02. The molecular formula is C12H22N2O2. The molecule has 0 bridgehead atoms. The van der Waals surface area contributed by atoms with E-state index in [1.54, 1.807) is 0 Å². The highest BCUT2D eigenvalue weighted by Gasteiger charge is 2.50. The molecule has 2 fully saturated rings. The molecule has 0 saturated carbocycles. The molecule has 0 aromatic heterocycles. The van der Waals surface area contributed by atoms with E-state index in [0.717, 1.165) is 38.9 Å². The minimum absolute atomic E-state index is 0.448. The lowest BCUT2D eigenvalue weighted by Gasteiger charge is -2.35. The Labute approximate surface area is 97.2 Å². The molecule has 16 heavy (non-hydrogen) atoms. The Kier molecular flexibility index (Phi) is 3.22. The molecule has 1 unspecified atom stereocenters. The van der Waals surface area contributed by atoms with Gasteiger partial charge in [-0.1, -0.05) is 0 Å². The summed E-state index contributed by atoms with van der Waals surface area (Å²) < 4.78 is 0. The van der Waals surface area contributed by atoms with Crippen molar-refractivity contribution in [3.05, 3.63) is 0 Å². The first kappa shape index (κ1) is 11.9. The molecule has 0 spiro atoms. The molecule has 0 radical (unpaired) electrons. The third kappa shape index (κ3) is 1.84. The molecule has 0 aliphatic carbocycles. The Morgan fingerprint density at radius 2 is 1.88 bits per heavy atom. The summed E-state index contributed by atoms with van der Waals surface area (Å²) in [5.41, 5.74) is -0.596. The van der Waals surface area contributed by atoms with Gasteiger partial charge in [0, 0.05) is 19.1 Å². The summed E-state index contributed by atoms with van der Waals surface area (Å²) in [5, 5.41) is 9.56. The van der Waals surface area contributed by atoms with Crippen LogP contribution in [0.5, 0.6) is 0 Å². The second kappa shape index (κ2) is 4.34. The third-order valence-corrected chi connectivity index (χ3v) is 4.12. The van der Waals surface area contributed by atoms with Crippen LogP contribution in [0.4, 0.5) is 0 Å². The maximum absolute atomic E-state index is 11.6. The van der Waals surface area contributed by atoms with Gasteiger partial charge in [-0.3, -0.25) is 14.6 Å². The summed E-state index contributed by atoms with van der Waals surface area (Å²) >= 11 is 0. The van der Waals surface area contributed by atoms with Gasteiger partial charge in [0.25, 0.3) is 0 Å². The highest BCUT2D eigenvalue weighted by Crippen LogP contribution is 2.32. The van der Waals surface area contributed by atoms with E-state index in [1.807, 2.05) is 0 Å². The van der Waals surface area contributed by atoms with Crippen LogP contribution in [0.3, 0.4) is 0 Å². The largest absolute Gasteiger partial charge is 0.480 e. The van der Waals surface area contributed by atoms with Crippen molar-refractivity contribution in [3.8, 4) is 0 Å². The molecule has 1 N–H and O–H groups in total. The molecule has 0 amide bonds. The molecule has 2 saturated heterocycles.